The Bertz CT molecular complexity index is 1390. The van der Waals surface area contributed by atoms with Crippen molar-refractivity contribution in [2.24, 2.45) is 4.99 Å². The highest BCUT2D eigenvalue weighted by molar-refractivity contribution is 6.28. The Kier molecular flexibility index (Phi) is 5.21. The molecule has 0 bridgehead atoms. The Hall–Kier alpha value is -4.47. The lowest BCUT2D eigenvalue weighted by molar-refractivity contribution is -0.394. The summed E-state index contributed by atoms with van der Waals surface area (Å²) in [5, 5.41) is 35.3. The molecule has 0 amide bonds. The SMILES string of the molecule is Cc1cc2c(c([N+](=O)[O-])c1)-c1c(cc([N+](=O)[O-])cc1[N+](=O)[O-])C2=Nc1ccccc1C(C)C. The van der Waals surface area contributed by atoms with E-state index in [-0.39, 0.29) is 34.0 Å². The van der Waals surface area contributed by atoms with Crippen LogP contribution in [-0.2, 0) is 0 Å². The minimum absolute atomic E-state index is 0.0342. The van der Waals surface area contributed by atoms with E-state index < -0.39 is 26.1 Å². The second-order valence-electron chi connectivity index (χ2n) is 8.04. The third-order valence-electron chi connectivity index (χ3n) is 5.52. The van der Waals surface area contributed by atoms with Gasteiger partial charge in [0.1, 0.15) is 0 Å². The molecule has 0 atom stereocenters. The number of aliphatic imine (C=N–C) groups is 1. The molecule has 10 nitrogen and oxygen atoms in total. The lowest BCUT2D eigenvalue weighted by Crippen LogP contribution is -2.02. The third kappa shape index (κ3) is 3.61. The van der Waals surface area contributed by atoms with Gasteiger partial charge in [-0.2, -0.15) is 0 Å². The number of nitro benzene ring substituents is 3. The molecule has 0 heterocycles. The minimum Gasteiger partial charge on any atom is -0.258 e. The van der Waals surface area contributed by atoms with Crippen LogP contribution in [0, 0.1) is 37.3 Å². The van der Waals surface area contributed by atoms with Crippen LogP contribution in [0.2, 0.25) is 0 Å². The largest absolute Gasteiger partial charge is 0.285 e. The van der Waals surface area contributed by atoms with Gasteiger partial charge in [0.2, 0.25) is 0 Å². The molecule has 166 valence electrons. The van der Waals surface area contributed by atoms with Crippen molar-refractivity contribution in [3.8, 4) is 11.1 Å². The lowest BCUT2D eigenvalue weighted by Gasteiger charge is -2.10. The van der Waals surface area contributed by atoms with Gasteiger partial charge in [-0.05, 0) is 36.1 Å². The second-order valence-corrected chi connectivity index (χ2v) is 8.04. The van der Waals surface area contributed by atoms with Gasteiger partial charge in [0.05, 0.1) is 43.4 Å². The zero-order valence-electron chi connectivity index (χ0n) is 17.9. The van der Waals surface area contributed by atoms with E-state index >= 15 is 0 Å². The fourth-order valence-corrected chi connectivity index (χ4v) is 4.14. The van der Waals surface area contributed by atoms with Crippen LogP contribution in [0.3, 0.4) is 0 Å². The first-order valence-electron chi connectivity index (χ1n) is 10.0. The Labute approximate surface area is 187 Å². The van der Waals surface area contributed by atoms with Crippen LogP contribution in [-0.4, -0.2) is 20.5 Å². The molecular weight excluding hydrogens is 428 g/mol. The summed E-state index contributed by atoms with van der Waals surface area (Å²) in [6, 6.07) is 12.3. The molecule has 3 aromatic rings. The molecule has 0 N–H and O–H groups in total. The Morgan fingerprint density at radius 2 is 1.36 bits per heavy atom. The fraction of sp³-hybridized carbons (Fsp3) is 0.174. The van der Waals surface area contributed by atoms with Crippen molar-refractivity contribution in [1.29, 1.82) is 0 Å². The Morgan fingerprint density at radius 3 is 1.94 bits per heavy atom. The first-order valence-corrected chi connectivity index (χ1v) is 10.0. The molecule has 0 radical (unpaired) electrons. The number of benzene rings is 3. The molecule has 3 aromatic carbocycles. The minimum atomic E-state index is -0.760. The standard InChI is InChI=1S/C23H18N4O6/c1-12(2)15-6-4-5-7-18(15)24-23-16-8-13(3)9-19(26(30)31)21(16)22-17(23)10-14(25(28)29)11-20(22)27(32)33/h4-12H,1-3H3. The summed E-state index contributed by atoms with van der Waals surface area (Å²) in [4.78, 5) is 37.9. The van der Waals surface area contributed by atoms with Gasteiger partial charge in [0.15, 0.2) is 0 Å². The van der Waals surface area contributed by atoms with Crippen molar-refractivity contribution < 1.29 is 14.8 Å². The van der Waals surface area contributed by atoms with Gasteiger partial charge in [-0.3, -0.25) is 30.3 Å². The van der Waals surface area contributed by atoms with E-state index in [4.69, 9.17) is 4.99 Å². The van der Waals surface area contributed by atoms with E-state index in [0.717, 1.165) is 11.6 Å². The Balaban J connectivity index is 2.18. The van der Waals surface area contributed by atoms with Gasteiger partial charge >= 0.3 is 0 Å². The molecule has 1 aliphatic rings. The summed E-state index contributed by atoms with van der Waals surface area (Å²) in [7, 11) is 0. The van der Waals surface area contributed by atoms with Gasteiger partial charge < -0.3 is 0 Å². The average molecular weight is 446 g/mol. The lowest BCUT2D eigenvalue weighted by atomic mass is 9.99. The van der Waals surface area contributed by atoms with Crippen LogP contribution < -0.4 is 0 Å². The first-order chi connectivity index (χ1) is 15.6. The maximum Gasteiger partial charge on any atom is 0.285 e. The van der Waals surface area contributed by atoms with Gasteiger partial charge in [0.25, 0.3) is 17.1 Å². The normalized spacial score (nSPS) is 13.2. The maximum absolute atomic E-state index is 11.9. The summed E-state index contributed by atoms with van der Waals surface area (Å²) in [5.41, 5.74) is 1.37. The molecule has 0 aromatic heterocycles. The average Bonchev–Trinajstić information content (AvgIpc) is 3.05. The van der Waals surface area contributed by atoms with E-state index in [1.807, 2.05) is 26.0 Å². The molecule has 10 heteroatoms. The smallest absolute Gasteiger partial charge is 0.258 e. The van der Waals surface area contributed by atoms with Gasteiger partial charge in [-0.1, -0.05) is 32.0 Å². The summed E-state index contributed by atoms with van der Waals surface area (Å²) >= 11 is 0. The topological polar surface area (TPSA) is 142 Å². The van der Waals surface area contributed by atoms with Crippen LogP contribution in [0.4, 0.5) is 22.7 Å². The quantitative estimate of drug-likeness (QED) is 0.272. The number of non-ortho nitro benzene ring substituents is 1. The number of rotatable bonds is 5. The molecule has 1 aliphatic carbocycles. The van der Waals surface area contributed by atoms with E-state index in [0.29, 0.717) is 16.8 Å². The van der Waals surface area contributed by atoms with E-state index in [2.05, 4.69) is 0 Å². The van der Waals surface area contributed by atoms with Crippen molar-refractivity contribution in [2.45, 2.75) is 26.7 Å². The number of hydrogen-bond donors (Lipinski definition) is 0. The number of hydrogen-bond acceptors (Lipinski definition) is 7. The van der Waals surface area contributed by atoms with Crippen molar-refractivity contribution in [3.63, 3.8) is 0 Å². The van der Waals surface area contributed by atoms with E-state index in [1.54, 1.807) is 25.1 Å². The number of nitro groups is 3. The number of nitrogens with zero attached hydrogens (tertiary/aromatic N) is 4. The highest BCUT2D eigenvalue weighted by atomic mass is 16.6. The van der Waals surface area contributed by atoms with Crippen LogP contribution in [0.5, 0.6) is 0 Å². The molecular formula is C23H18N4O6. The van der Waals surface area contributed by atoms with Crippen molar-refractivity contribution in [1.82, 2.24) is 0 Å². The summed E-state index contributed by atoms with van der Waals surface area (Å²) < 4.78 is 0. The van der Waals surface area contributed by atoms with Gasteiger partial charge in [-0.15, -0.1) is 0 Å². The van der Waals surface area contributed by atoms with E-state index in [9.17, 15) is 30.3 Å². The predicted molar refractivity (Wildman–Crippen MR) is 122 cm³/mol. The van der Waals surface area contributed by atoms with Crippen molar-refractivity contribution in [3.05, 3.63) is 101 Å². The first kappa shape index (κ1) is 21.8. The van der Waals surface area contributed by atoms with Crippen molar-refractivity contribution in [2.75, 3.05) is 0 Å². The molecule has 4 rings (SSSR count). The fourth-order valence-electron chi connectivity index (χ4n) is 4.14. The molecule has 33 heavy (non-hydrogen) atoms. The summed E-state index contributed by atoms with van der Waals surface area (Å²) in [6.07, 6.45) is 0. The molecule has 0 spiro atoms. The molecule has 0 saturated heterocycles. The monoisotopic (exact) mass is 446 g/mol. The van der Waals surface area contributed by atoms with Crippen LogP contribution in [0.25, 0.3) is 11.1 Å². The molecule has 0 unspecified atom stereocenters. The molecule has 0 saturated carbocycles. The Morgan fingerprint density at radius 1 is 0.788 bits per heavy atom. The van der Waals surface area contributed by atoms with Crippen LogP contribution in [0.15, 0.2) is 53.5 Å². The number of aryl methyl sites for hydroxylation is 1. The highest BCUT2D eigenvalue weighted by Crippen LogP contribution is 2.49. The second kappa shape index (κ2) is 7.90. The summed E-state index contributed by atoms with van der Waals surface area (Å²) in [6.45, 7) is 5.65. The van der Waals surface area contributed by atoms with Gasteiger partial charge in [0, 0.05) is 23.3 Å². The third-order valence-corrected chi connectivity index (χ3v) is 5.52. The highest BCUT2D eigenvalue weighted by Gasteiger charge is 2.39. The number of para-hydroxylation sites is 1. The summed E-state index contributed by atoms with van der Waals surface area (Å²) in [5.74, 6) is 0.109. The zero-order valence-corrected chi connectivity index (χ0v) is 17.9. The van der Waals surface area contributed by atoms with Gasteiger partial charge in [-0.25, -0.2) is 4.99 Å². The maximum atomic E-state index is 11.9. The molecule has 0 fully saturated rings. The molecule has 0 aliphatic heterocycles. The van der Waals surface area contributed by atoms with Crippen molar-refractivity contribution >= 4 is 28.5 Å². The van der Waals surface area contributed by atoms with Crippen LogP contribution in [0.1, 0.15) is 42.0 Å². The zero-order chi connectivity index (χ0) is 24.0. The van der Waals surface area contributed by atoms with Crippen LogP contribution >= 0.6 is 0 Å². The predicted octanol–water partition coefficient (Wildman–Crippen LogP) is 5.99. The number of fused-ring (bicyclic) bond motifs is 3. The van der Waals surface area contributed by atoms with E-state index in [1.165, 1.54) is 12.1 Å².